The van der Waals surface area contributed by atoms with Crippen LogP contribution in [0.4, 0.5) is 17.1 Å². The fraction of sp³-hybridized carbons (Fsp3) is 0.316. The van der Waals surface area contributed by atoms with E-state index in [1.807, 2.05) is 62.4 Å². The van der Waals surface area contributed by atoms with Crippen molar-refractivity contribution in [2.75, 3.05) is 17.7 Å². The van der Waals surface area contributed by atoms with Crippen molar-refractivity contribution >= 4 is 23.0 Å². The Kier molecular flexibility index (Phi) is 6.03. The Morgan fingerprint density at radius 3 is 2.22 bits per heavy atom. The van der Waals surface area contributed by atoms with Gasteiger partial charge < -0.3 is 15.4 Å². The number of anilines is 3. The number of hydrogen-bond donors (Lipinski definition) is 2. The summed E-state index contributed by atoms with van der Waals surface area (Å²) in [5.41, 5.74) is 2.66. The van der Waals surface area contributed by atoms with Gasteiger partial charge in [-0.05, 0) is 49.2 Å². The van der Waals surface area contributed by atoms with Crippen molar-refractivity contribution in [2.45, 2.75) is 26.7 Å². The average molecular weight is 312 g/mol. The summed E-state index contributed by atoms with van der Waals surface area (Å²) in [6.45, 7) is 4.07. The highest BCUT2D eigenvalue weighted by Gasteiger charge is 2.13. The lowest BCUT2D eigenvalue weighted by atomic mass is 10.0. The molecular formula is C19H24N2O2. The van der Waals surface area contributed by atoms with Crippen LogP contribution in [0, 0.1) is 5.92 Å². The smallest absolute Gasteiger partial charge is 0.227 e. The Labute approximate surface area is 137 Å². The minimum atomic E-state index is 0.0707. The standard InChI is InChI=1S/C19H24N2O2/c1-4-14(5-2)19(22)21-16-12-10-15(11-13-16)20-17-8-6-7-9-18(17)23-3/h6-14,20H,4-5H2,1-3H3,(H,21,22). The first-order valence-corrected chi connectivity index (χ1v) is 7.98. The van der Waals surface area contributed by atoms with Crippen LogP contribution in [0.3, 0.4) is 0 Å². The summed E-state index contributed by atoms with van der Waals surface area (Å²) in [5, 5.41) is 6.28. The van der Waals surface area contributed by atoms with Gasteiger partial charge in [-0.1, -0.05) is 26.0 Å². The Hall–Kier alpha value is -2.49. The van der Waals surface area contributed by atoms with Gasteiger partial charge in [0.2, 0.25) is 5.91 Å². The number of benzene rings is 2. The van der Waals surface area contributed by atoms with Gasteiger partial charge in [-0.25, -0.2) is 0 Å². The van der Waals surface area contributed by atoms with E-state index >= 15 is 0 Å². The third kappa shape index (κ3) is 4.49. The fourth-order valence-electron chi connectivity index (χ4n) is 2.44. The predicted octanol–water partition coefficient (Wildman–Crippen LogP) is 4.81. The number of nitrogens with one attached hydrogen (secondary N) is 2. The van der Waals surface area contributed by atoms with Crippen molar-refractivity contribution in [3.8, 4) is 5.75 Å². The minimum absolute atomic E-state index is 0.0707. The van der Waals surface area contributed by atoms with E-state index in [2.05, 4.69) is 10.6 Å². The van der Waals surface area contributed by atoms with E-state index in [1.165, 1.54) is 0 Å². The minimum Gasteiger partial charge on any atom is -0.495 e. The van der Waals surface area contributed by atoms with Crippen LogP contribution in [0.1, 0.15) is 26.7 Å². The van der Waals surface area contributed by atoms with Crippen molar-refractivity contribution in [1.82, 2.24) is 0 Å². The molecule has 2 aromatic rings. The van der Waals surface area contributed by atoms with Gasteiger partial charge in [-0.2, -0.15) is 0 Å². The molecule has 0 unspecified atom stereocenters. The van der Waals surface area contributed by atoms with Gasteiger partial charge in [0.25, 0.3) is 0 Å². The monoisotopic (exact) mass is 312 g/mol. The molecule has 0 atom stereocenters. The van der Waals surface area contributed by atoms with Crippen molar-refractivity contribution < 1.29 is 9.53 Å². The molecule has 4 heteroatoms. The molecule has 23 heavy (non-hydrogen) atoms. The molecule has 0 saturated carbocycles. The molecule has 0 spiro atoms. The first-order chi connectivity index (χ1) is 11.2. The second kappa shape index (κ2) is 8.22. The molecule has 4 nitrogen and oxygen atoms in total. The van der Waals surface area contributed by atoms with Crippen LogP contribution in [0.5, 0.6) is 5.75 Å². The lowest BCUT2D eigenvalue weighted by Crippen LogP contribution is -2.21. The summed E-state index contributed by atoms with van der Waals surface area (Å²) in [4.78, 5) is 12.1. The number of hydrogen-bond acceptors (Lipinski definition) is 3. The van der Waals surface area contributed by atoms with Gasteiger partial charge in [0, 0.05) is 17.3 Å². The second-order valence-electron chi connectivity index (χ2n) is 5.41. The maximum absolute atomic E-state index is 12.1. The van der Waals surface area contributed by atoms with Crippen LogP contribution < -0.4 is 15.4 Å². The first-order valence-electron chi connectivity index (χ1n) is 7.98. The van der Waals surface area contributed by atoms with Crippen LogP contribution in [-0.2, 0) is 4.79 Å². The molecule has 0 bridgehead atoms. The molecule has 0 aliphatic rings. The van der Waals surface area contributed by atoms with Gasteiger partial charge in [-0.3, -0.25) is 4.79 Å². The molecule has 2 N–H and O–H groups in total. The van der Waals surface area contributed by atoms with Crippen LogP contribution in [0.15, 0.2) is 48.5 Å². The zero-order valence-electron chi connectivity index (χ0n) is 13.9. The zero-order chi connectivity index (χ0) is 16.7. The van der Waals surface area contributed by atoms with Crippen molar-refractivity contribution in [2.24, 2.45) is 5.92 Å². The van der Waals surface area contributed by atoms with E-state index in [-0.39, 0.29) is 11.8 Å². The quantitative estimate of drug-likeness (QED) is 0.771. The Balaban J connectivity index is 2.03. The number of carbonyl (C=O) groups is 1. The van der Waals surface area contributed by atoms with Crippen molar-refractivity contribution in [1.29, 1.82) is 0 Å². The molecule has 0 aromatic heterocycles. The number of carbonyl (C=O) groups excluding carboxylic acids is 1. The van der Waals surface area contributed by atoms with Crippen molar-refractivity contribution in [3.63, 3.8) is 0 Å². The third-order valence-corrected chi connectivity index (χ3v) is 3.89. The summed E-state index contributed by atoms with van der Waals surface area (Å²) in [6, 6.07) is 15.4. The van der Waals surface area contributed by atoms with Crippen LogP contribution in [0.25, 0.3) is 0 Å². The fourth-order valence-corrected chi connectivity index (χ4v) is 2.44. The lowest BCUT2D eigenvalue weighted by Gasteiger charge is -2.14. The molecule has 0 fully saturated rings. The van der Waals surface area contributed by atoms with Gasteiger partial charge in [-0.15, -0.1) is 0 Å². The average Bonchev–Trinajstić information content (AvgIpc) is 2.58. The molecule has 0 heterocycles. The highest BCUT2D eigenvalue weighted by molar-refractivity contribution is 5.92. The van der Waals surface area contributed by atoms with Crippen LogP contribution >= 0.6 is 0 Å². The largest absolute Gasteiger partial charge is 0.495 e. The molecule has 0 aliphatic heterocycles. The van der Waals surface area contributed by atoms with E-state index in [4.69, 9.17) is 4.74 Å². The predicted molar refractivity (Wildman–Crippen MR) is 95.4 cm³/mol. The SMILES string of the molecule is CCC(CC)C(=O)Nc1ccc(Nc2ccccc2OC)cc1. The van der Waals surface area contributed by atoms with Gasteiger partial charge >= 0.3 is 0 Å². The summed E-state index contributed by atoms with van der Waals surface area (Å²) >= 11 is 0. The summed E-state index contributed by atoms with van der Waals surface area (Å²) < 4.78 is 5.33. The van der Waals surface area contributed by atoms with Gasteiger partial charge in [0.1, 0.15) is 5.75 Å². The third-order valence-electron chi connectivity index (χ3n) is 3.89. The number of rotatable bonds is 7. The molecule has 1 amide bonds. The number of amides is 1. The summed E-state index contributed by atoms with van der Waals surface area (Å²) in [6.07, 6.45) is 1.71. The van der Waals surface area contributed by atoms with Crippen LogP contribution in [-0.4, -0.2) is 13.0 Å². The topological polar surface area (TPSA) is 50.4 Å². The summed E-state index contributed by atoms with van der Waals surface area (Å²) in [5.74, 6) is 0.945. The van der Waals surface area contributed by atoms with Gasteiger partial charge in [0.15, 0.2) is 0 Å². The zero-order valence-corrected chi connectivity index (χ0v) is 13.9. The van der Waals surface area contributed by atoms with E-state index in [0.29, 0.717) is 0 Å². The van der Waals surface area contributed by atoms with Gasteiger partial charge in [0.05, 0.1) is 12.8 Å². The van der Waals surface area contributed by atoms with E-state index in [1.54, 1.807) is 7.11 Å². The highest BCUT2D eigenvalue weighted by Crippen LogP contribution is 2.27. The molecule has 0 aliphatic carbocycles. The van der Waals surface area contributed by atoms with E-state index in [0.717, 1.165) is 35.7 Å². The number of methoxy groups -OCH3 is 1. The number of ether oxygens (including phenoxy) is 1. The second-order valence-corrected chi connectivity index (χ2v) is 5.41. The summed E-state index contributed by atoms with van der Waals surface area (Å²) in [7, 11) is 1.65. The molecule has 0 radical (unpaired) electrons. The van der Waals surface area contributed by atoms with E-state index < -0.39 is 0 Å². The normalized spacial score (nSPS) is 10.4. The molecule has 2 rings (SSSR count). The maximum atomic E-state index is 12.1. The maximum Gasteiger partial charge on any atom is 0.227 e. The molecule has 0 saturated heterocycles. The van der Waals surface area contributed by atoms with E-state index in [9.17, 15) is 4.79 Å². The lowest BCUT2D eigenvalue weighted by molar-refractivity contribution is -0.120. The Bertz CT molecular complexity index is 634. The van der Waals surface area contributed by atoms with Crippen LogP contribution in [0.2, 0.25) is 0 Å². The Morgan fingerprint density at radius 1 is 1.00 bits per heavy atom. The molecular weight excluding hydrogens is 288 g/mol. The molecule has 122 valence electrons. The highest BCUT2D eigenvalue weighted by atomic mass is 16.5. The molecule has 2 aromatic carbocycles. The van der Waals surface area contributed by atoms with Crippen molar-refractivity contribution in [3.05, 3.63) is 48.5 Å². The number of para-hydroxylation sites is 2. The Morgan fingerprint density at radius 2 is 1.61 bits per heavy atom. The first kappa shape index (κ1) is 16.9.